The second-order valence-electron chi connectivity index (χ2n) is 8.34. The SMILES string of the molecule is CCCOc1ccc2c(c1F)Oc1c(cc(C(F)(F)C(F)(F)C3=CCC(OCC)OC3)c(F)c1F)C2. The zero-order chi connectivity index (χ0) is 26.3. The third kappa shape index (κ3) is 4.43. The quantitative estimate of drug-likeness (QED) is 0.236. The minimum absolute atomic E-state index is 0.126. The number of hydrogen-bond acceptors (Lipinski definition) is 4. The summed E-state index contributed by atoms with van der Waals surface area (Å²) < 4.78 is 125. The molecule has 0 aromatic heterocycles. The Kier molecular flexibility index (Phi) is 7.25. The summed E-state index contributed by atoms with van der Waals surface area (Å²) in [6, 6.07) is 3.09. The zero-order valence-corrected chi connectivity index (χ0v) is 19.4. The molecule has 2 aromatic rings. The van der Waals surface area contributed by atoms with E-state index in [0.29, 0.717) is 12.5 Å². The lowest BCUT2D eigenvalue weighted by molar-refractivity contribution is -0.208. The smallest absolute Gasteiger partial charge is 0.342 e. The molecule has 0 saturated carbocycles. The van der Waals surface area contributed by atoms with Gasteiger partial charge in [0.2, 0.25) is 11.6 Å². The van der Waals surface area contributed by atoms with Crippen LogP contribution in [0.1, 0.15) is 43.4 Å². The Balaban J connectivity index is 1.69. The van der Waals surface area contributed by atoms with E-state index < -0.39 is 64.8 Å². The summed E-state index contributed by atoms with van der Waals surface area (Å²) in [4.78, 5) is 0. The molecule has 2 heterocycles. The van der Waals surface area contributed by atoms with Crippen molar-refractivity contribution in [2.75, 3.05) is 19.8 Å². The van der Waals surface area contributed by atoms with Crippen molar-refractivity contribution in [2.24, 2.45) is 0 Å². The van der Waals surface area contributed by atoms with Crippen LogP contribution in [0.5, 0.6) is 17.2 Å². The number of hydrogen-bond donors (Lipinski definition) is 0. The van der Waals surface area contributed by atoms with Crippen molar-refractivity contribution in [1.82, 2.24) is 0 Å². The van der Waals surface area contributed by atoms with E-state index in [9.17, 15) is 22.0 Å². The van der Waals surface area contributed by atoms with E-state index in [1.807, 2.05) is 0 Å². The molecule has 2 aliphatic rings. The van der Waals surface area contributed by atoms with Crippen molar-refractivity contribution in [3.8, 4) is 17.2 Å². The Hall–Kier alpha value is -2.79. The van der Waals surface area contributed by atoms with Crippen LogP contribution in [0.3, 0.4) is 0 Å². The highest BCUT2D eigenvalue weighted by atomic mass is 19.3. The normalized spacial score (nSPS) is 17.7. The van der Waals surface area contributed by atoms with Crippen molar-refractivity contribution >= 4 is 0 Å². The molecule has 1 unspecified atom stereocenters. The number of rotatable bonds is 8. The maximum Gasteiger partial charge on any atom is 0.342 e. The highest BCUT2D eigenvalue weighted by Crippen LogP contribution is 2.51. The lowest BCUT2D eigenvalue weighted by Crippen LogP contribution is -2.43. The Labute approximate surface area is 202 Å². The summed E-state index contributed by atoms with van der Waals surface area (Å²) in [7, 11) is 0. The summed E-state index contributed by atoms with van der Waals surface area (Å²) in [5.74, 6) is -16.6. The standard InChI is InChI=1S/C25H23F7O4/c1-3-9-34-17-7-5-13-10-14-11-16(19(26)21(28)23(14)36-22(13)20(17)27)25(31,32)24(29,30)15-6-8-18(33-4-2)35-12-15/h5-7,11,18H,3-4,8-10,12H2,1-2H3. The van der Waals surface area contributed by atoms with E-state index in [4.69, 9.17) is 18.9 Å². The van der Waals surface area contributed by atoms with Crippen molar-refractivity contribution in [3.05, 3.63) is 64.0 Å². The lowest BCUT2D eigenvalue weighted by atomic mass is 9.90. The number of benzene rings is 2. The van der Waals surface area contributed by atoms with Crippen LogP contribution in [0.25, 0.3) is 0 Å². The van der Waals surface area contributed by atoms with E-state index in [1.54, 1.807) is 13.8 Å². The van der Waals surface area contributed by atoms with Crippen LogP contribution in [0.2, 0.25) is 0 Å². The molecule has 0 amide bonds. The Morgan fingerprint density at radius 3 is 2.31 bits per heavy atom. The largest absolute Gasteiger partial charge is 0.490 e. The summed E-state index contributed by atoms with van der Waals surface area (Å²) in [5, 5.41) is 0. The summed E-state index contributed by atoms with van der Waals surface area (Å²) >= 11 is 0. The molecule has 0 N–H and O–H groups in total. The van der Waals surface area contributed by atoms with Crippen LogP contribution in [-0.2, 0) is 21.8 Å². The van der Waals surface area contributed by atoms with E-state index in [0.717, 1.165) is 6.08 Å². The number of halogens is 7. The van der Waals surface area contributed by atoms with Gasteiger partial charge in [0.15, 0.2) is 29.4 Å². The Morgan fingerprint density at radius 1 is 0.944 bits per heavy atom. The second-order valence-corrected chi connectivity index (χ2v) is 8.34. The maximum absolute atomic E-state index is 15.1. The van der Waals surface area contributed by atoms with Crippen LogP contribution in [0, 0.1) is 17.5 Å². The first-order valence-electron chi connectivity index (χ1n) is 11.3. The Bertz CT molecular complexity index is 1180. The maximum atomic E-state index is 15.1. The first kappa shape index (κ1) is 26.3. The van der Waals surface area contributed by atoms with Crippen LogP contribution >= 0.6 is 0 Å². The molecule has 0 saturated heterocycles. The van der Waals surface area contributed by atoms with Crippen LogP contribution < -0.4 is 9.47 Å². The number of ether oxygens (including phenoxy) is 4. The van der Waals surface area contributed by atoms with Gasteiger partial charge in [-0.25, -0.2) is 4.39 Å². The van der Waals surface area contributed by atoms with Gasteiger partial charge in [-0.2, -0.15) is 26.3 Å². The predicted molar refractivity (Wildman–Crippen MR) is 114 cm³/mol. The minimum atomic E-state index is -5.13. The predicted octanol–water partition coefficient (Wildman–Crippen LogP) is 7.03. The monoisotopic (exact) mass is 520 g/mol. The fourth-order valence-electron chi connectivity index (χ4n) is 4.03. The molecule has 4 rings (SSSR count). The van der Waals surface area contributed by atoms with Gasteiger partial charge in [0.05, 0.1) is 18.8 Å². The second kappa shape index (κ2) is 9.93. The molecule has 2 aliphatic heterocycles. The van der Waals surface area contributed by atoms with Crippen LogP contribution in [0.4, 0.5) is 30.7 Å². The fourth-order valence-corrected chi connectivity index (χ4v) is 4.03. The van der Waals surface area contributed by atoms with E-state index in [-0.39, 0.29) is 42.9 Å². The molecular formula is C25H23F7O4. The highest BCUT2D eigenvalue weighted by molar-refractivity contribution is 5.55. The van der Waals surface area contributed by atoms with Crippen LogP contribution in [0.15, 0.2) is 29.8 Å². The third-order valence-electron chi connectivity index (χ3n) is 5.90. The van der Waals surface area contributed by atoms with Crippen molar-refractivity contribution in [3.63, 3.8) is 0 Å². The van der Waals surface area contributed by atoms with Gasteiger partial charge < -0.3 is 18.9 Å². The summed E-state index contributed by atoms with van der Waals surface area (Å²) in [5.41, 5.74) is -3.13. The highest BCUT2D eigenvalue weighted by Gasteiger charge is 2.61. The average molecular weight is 520 g/mol. The fraction of sp³-hybridized carbons (Fsp3) is 0.440. The molecule has 4 nitrogen and oxygen atoms in total. The van der Waals surface area contributed by atoms with Crippen LogP contribution in [-0.4, -0.2) is 32.0 Å². The Morgan fingerprint density at radius 2 is 1.67 bits per heavy atom. The minimum Gasteiger partial charge on any atom is -0.490 e. The molecule has 0 radical (unpaired) electrons. The van der Waals surface area contributed by atoms with Gasteiger partial charge in [0.1, 0.15) is 0 Å². The molecule has 0 spiro atoms. The lowest BCUT2D eigenvalue weighted by Gasteiger charge is -2.33. The third-order valence-corrected chi connectivity index (χ3v) is 5.90. The number of alkyl halides is 4. The molecule has 11 heteroatoms. The summed E-state index contributed by atoms with van der Waals surface area (Å²) in [6.07, 6.45) is -0.00589. The molecule has 0 fully saturated rings. The molecular weight excluding hydrogens is 497 g/mol. The molecule has 2 aromatic carbocycles. The number of fused-ring (bicyclic) bond motifs is 2. The molecule has 0 bridgehead atoms. The topological polar surface area (TPSA) is 36.9 Å². The van der Waals surface area contributed by atoms with E-state index in [1.165, 1.54) is 12.1 Å². The first-order chi connectivity index (χ1) is 17.0. The van der Waals surface area contributed by atoms with Gasteiger partial charge in [-0.15, -0.1) is 0 Å². The van der Waals surface area contributed by atoms with Gasteiger partial charge in [-0.05, 0) is 25.5 Å². The molecule has 196 valence electrons. The zero-order valence-electron chi connectivity index (χ0n) is 19.4. The van der Waals surface area contributed by atoms with Gasteiger partial charge in [0.25, 0.3) is 0 Å². The van der Waals surface area contributed by atoms with E-state index >= 15 is 8.78 Å². The molecule has 36 heavy (non-hydrogen) atoms. The van der Waals surface area contributed by atoms with E-state index in [2.05, 4.69) is 0 Å². The first-order valence-corrected chi connectivity index (χ1v) is 11.3. The molecule has 0 aliphatic carbocycles. The van der Waals surface area contributed by atoms with Gasteiger partial charge in [0, 0.05) is 36.1 Å². The summed E-state index contributed by atoms with van der Waals surface area (Å²) in [6.45, 7) is 2.99. The average Bonchev–Trinajstić information content (AvgIpc) is 2.85. The van der Waals surface area contributed by atoms with Crippen molar-refractivity contribution in [1.29, 1.82) is 0 Å². The van der Waals surface area contributed by atoms with Crippen molar-refractivity contribution < 1.29 is 49.7 Å². The molecule has 1 atom stereocenters. The van der Waals surface area contributed by atoms with Gasteiger partial charge >= 0.3 is 11.8 Å². The van der Waals surface area contributed by atoms with Gasteiger partial charge in [-0.1, -0.05) is 19.1 Å². The van der Waals surface area contributed by atoms with Crippen molar-refractivity contribution in [2.45, 2.75) is 51.2 Å². The van der Waals surface area contributed by atoms with Gasteiger partial charge in [-0.3, -0.25) is 0 Å².